The quantitative estimate of drug-likeness (QED) is 0.759. The molecule has 2 unspecified atom stereocenters. The number of likely N-dealkylation sites (tertiary alicyclic amines) is 1. The predicted molar refractivity (Wildman–Crippen MR) is 58.5 cm³/mol. The second kappa shape index (κ2) is 4.61. The Bertz CT molecular complexity index is 350. The van der Waals surface area contributed by atoms with Crippen LogP contribution in [0, 0.1) is 5.92 Å². The lowest BCUT2D eigenvalue weighted by atomic mass is 10.1. The van der Waals surface area contributed by atoms with Crippen molar-refractivity contribution in [3.8, 4) is 0 Å². The minimum Gasteiger partial charge on any atom is -0.341 e. The van der Waals surface area contributed by atoms with Gasteiger partial charge in [0.2, 0.25) is 5.91 Å². The van der Waals surface area contributed by atoms with E-state index in [1.807, 2.05) is 11.8 Å². The minimum atomic E-state index is -0.279. The summed E-state index contributed by atoms with van der Waals surface area (Å²) in [6.07, 6.45) is 4.02. The SMILES string of the molecule is CC(C(=O)N1CCC(CN)C1)n1cncn1. The van der Waals surface area contributed by atoms with E-state index in [4.69, 9.17) is 5.73 Å². The van der Waals surface area contributed by atoms with Crippen molar-refractivity contribution < 1.29 is 4.79 Å². The van der Waals surface area contributed by atoms with Crippen molar-refractivity contribution in [3.05, 3.63) is 12.7 Å². The molecule has 0 radical (unpaired) electrons. The van der Waals surface area contributed by atoms with Gasteiger partial charge in [-0.05, 0) is 25.8 Å². The van der Waals surface area contributed by atoms with Crippen LogP contribution in [0.4, 0.5) is 0 Å². The van der Waals surface area contributed by atoms with E-state index >= 15 is 0 Å². The third-order valence-corrected chi connectivity index (χ3v) is 3.12. The van der Waals surface area contributed by atoms with Gasteiger partial charge in [-0.1, -0.05) is 0 Å². The van der Waals surface area contributed by atoms with E-state index in [-0.39, 0.29) is 11.9 Å². The van der Waals surface area contributed by atoms with E-state index < -0.39 is 0 Å². The standard InChI is InChI=1S/C10H17N5O/c1-8(15-7-12-6-13-15)10(16)14-3-2-9(4-11)5-14/h6-9H,2-5,11H2,1H3. The molecule has 0 saturated carbocycles. The minimum absolute atomic E-state index is 0.0986. The third-order valence-electron chi connectivity index (χ3n) is 3.12. The summed E-state index contributed by atoms with van der Waals surface area (Å²) < 4.78 is 1.58. The van der Waals surface area contributed by atoms with Crippen LogP contribution in [0.5, 0.6) is 0 Å². The Morgan fingerprint density at radius 3 is 3.06 bits per heavy atom. The Labute approximate surface area is 94.4 Å². The predicted octanol–water partition coefficient (Wildman–Crippen LogP) is -0.354. The van der Waals surface area contributed by atoms with Crippen molar-refractivity contribution in [2.24, 2.45) is 11.7 Å². The average molecular weight is 223 g/mol. The molecule has 2 N–H and O–H groups in total. The van der Waals surface area contributed by atoms with Gasteiger partial charge in [-0.25, -0.2) is 9.67 Å². The molecule has 1 saturated heterocycles. The first-order valence-corrected chi connectivity index (χ1v) is 5.55. The Balaban J connectivity index is 1.98. The maximum absolute atomic E-state index is 12.1. The number of aromatic nitrogens is 3. The highest BCUT2D eigenvalue weighted by atomic mass is 16.2. The van der Waals surface area contributed by atoms with Crippen molar-refractivity contribution in [1.82, 2.24) is 19.7 Å². The average Bonchev–Trinajstić information content (AvgIpc) is 2.97. The highest BCUT2D eigenvalue weighted by Gasteiger charge is 2.29. The molecular formula is C10H17N5O. The molecule has 1 aromatic rings. The van der Waals surface area contributed by atoms with Crippen LogP contribution in [-0.4, -0.2) is 45.2 Å². The van der Waals surface area contributed by atoms with Crippen molar-refractivity contribution >= 4 is 5.91 Å². The van der Waals surface area contributed by atoms with Gasteiger partial charge < -0.3 is 10.6 Å². The van der Waals surface area contributed by atoms with E-state index in [0.717, 1.165) is 19.5 Å². The summed E-state index contributed by atoms with van der Waals surface area (Å²) in [7, 11) is 0. The zero-order valence-corrected chi connectivity index (χ0v) is 9.41. The number of rotatable bonds is 3. The molecule has 0 aliphatic carbocycles. The van der Waals surface area contributed by atoms with Gasteiger partial charge in [0.05, 0.1) is 0 Å². The second-order valence-electron chi connectivity index (χ2n) is 4.23. The molecular weight excluding hydrogens is 206 g/mol. The number of nitrogens with two attached hydrogens (primary N) is 1. The van der Waals surface area contributed by atoms with E-state index in [0.29, 0.717) is 12.5 Å². The molecule has 1 amide bonds. The van der Waals surface area contributed by atoms with Gasteiger partial charge in [-0.2, -0.15) is 5.10 Å². The van der Waals surface area contributed by atoms with Gasteiger partial charge in [0.15, 0.2) is 0 Å². The Morgan fingerprint density at radius 2 is 2.50 bits per heavy atom. The van der Waals surface area contributed by atoms with Gasteiger partial charge in [-0.3, -0.25) is 4.79 Å². The number of carbonyl (C=O) groups is 1. The zero-order chi connectivity index (χ0) is 11.5. The topological polar surface area (TPSA) is 77.0 Å². The lowest BCUT2D eigenvalue weighted by molar-refractivity contribution is -0.133. The summed E-state index contributed by atoms with van der Waals surface area (Å²) in [5.41, 5.74) is 5.60. The van der Waals surface area contributed by atoms with Crippen LogP contribution in [0.2, 0.25) is 0 Å². The first-order chi connectivity index (χ1) is 7.72. The first-order valence-electron chi connectivity index (χ1n) is 5.55. The Kier molecular flexibility index (Phi) is 3.19. The van der Waals surface area contributed by atoms with Gasteiger partial charge in [-0.15, -0.1) is 0 Å². The summed E-state index contributed by atoms with van der Waals surface area (Å²) in [6.45, 7) is 4.07. The maximum Gasteiger partial charge on any atom is 0.247 e. The molecule has 1 aliphatic heterocycles. The number of amides is 1. The normalized spacial score (nSPS) is 22.4. The van der Waals surface area contributed by atoms with Gasteiger partial charge in [0, 0.05) is 13.1 Å². The molecule has 1 aromatic heterocycles. The van der Waals surface area contributed by atoms with Crippen LogP contribution in [-0.2, 0) is 4.79 Å². The second-order valence-corrected chi connectivity index (χ2v) is 4.23. The first kappa shape index (κ1) is 11.1. The molecule has 2 rings (SSSR count). The molecule has 2 atom stereocenters. The fraction of sp³-hybridized carbons (Fsp3) is 0.700. The maximum atomic E-state index is 12.1. The third kappa shape index (κ3) is 2.06. The lowest BCUT2D eigenvalue weighted by Gasteiger charge is -2.20. The highest BCUT2D eigenvalue weighted by Crippen LogP contribution is 2.18. The highest BCUT2D eigenvalue weighted by molar-refractivity contribution is 5.80. The van der Waals surface area contributed by atoms with Gasteiger partial charge in [0.1, 0.15) is 18.7 Å². The van der Waals surface area contributed by atoms with Gasteiger partial charge >= 0.3 is 0 Å². The smallest absolute Gasteiger partial charge is 0.247 e. The Hall–Kier alpha value is -1.43. The van der Waals surface area contributed by atoms with Crippen LogP contribution in [0.3, 0.4) is 0 Å². The summed E-state index contributed by atoms with van der Waals surface area (Å²) in [5.74, 6) is 0.549. The fourth-order valence-electron chi connectivity index (χ4n) is 2.02. The molecule has 6 nitrogen and oxygen atoms in total. The zero-order valence-electron chi connectivity index (χ0n) is 9.41. The molecule has 0 bridgehead atoms. The molecule has 6 heteroatoms. The molecule has 16 heavy (non-hydrogen) atoms. The molecule has 1 aliphatic rings. The van der Waals surface area contributed by atoms with E-state index in [1.54, 1.807) is 11.0 Å². The monoisotopic (exact) mass is 223 g/mol. The number of nitrogens with zero attached hydrogens (tertiary/aromatic N) is 4. The van der Waals surface area contributed by atoms with E-state index in [2.05, 4.69) is 10.1 Å². The Morgan fingerprint density at radius 1 is 1.69 bits per heavy atom. The number of hydrogen-bond donors (Lipinski definition) is 1. The number of carbonyl (C=O) groups excluding carboxylic acids is 1. The van der Waals surface area contributed by atoms with E-state index in [9.17, 15) is 4.79 Å². The van der Waals surface area contributed by atoms with Crippen molar-refractivity contribution in [2.75, 3.05) is 19.6 Å². The van der Waals surface area contributed by atoms with Crippen LogP contribution < -0.4 is 5.73 Å². The van der Waals surface area contributed by atoms with Crippen LogP contribution in [0.1, 0.15) is 19.4 Å². The molecule has 1 fully saturated rings. The summed E-state index contributed by atoms with van der Waals surface area (Å²) in [5, 5.41) is 3.98. The van der Waals surface area contributed by atoms with Crippen molar-refractivity contribution in [1.29, 1.82) is 0 Å². The molecule has 88 valence electrons. The summed E-state index contributed by atoms with van der Waals surface area (Å²) >= 11 is 0. The molecule has 2 heterocycles. The summed E-state index contributed by atoms with van der Waals surface area (Å²) in [6, 6.07) is -0.279. The lowest BCUT2D eigenvalue weighted by Crippen LogP contribution is -2.35. The molecule has 0 spiro atoms. The largest absolute Gasteiger partial charge is 0.341 e. The van der Waals surface area contributed by atoms with Crippen LogP contribution >= 0.6 is 0 Å². The fourth-order valence-corrected chi connectivity index (χ4v) is 2.02. The molecule has 0 aromatic carbocycles. The van der Waals surface area contributed by atoms with Crippen LogP contribution in [0.15, 0.2) is 12.7 Å². The summed E-state index contributed by atoms with van der Waals surface area (Å²) in [4.78, 5) is 17.8. The van der Waals surface area contributed by atoms with Crippen molar-refractivity contribution in [2.45, 2.75) is 19.4 Å². The van der Waals surface area contributed by atoms with Crippen molar-refractivity contribution in [3.63, 3.8) is 0 Å². The van der Waals surface area contributed by atoms with Crippen LogP contribution in [0.25, 0.3) is 0 Å². The van der Waals surface area contributed by atoms with E-state index in [1.165, 1.54) is 6.33 Å². The number of hydrogen-bond acceptors (Lipinski definition) is 4. The van der Waals surface area contributed by atoms with Gasteiger partial charge in [0.25, 0.3) is 0 Å².